The van der Waals surface area contributed by atoms with Crippen molar-refractivity contribution < 1.29 is 19.8 Å². The second kappa shape index (κ2) is 6.27. The van der Waals surface area contributed by atoms with Gasteiger partial charge in [0.25, 0.3) is 11.8 Å². The SMILES string of the molecule is O=C(NNC(=O)c1ccc(Br)cc1O)c1ccccc1O. The van der Waals surface area contributed by atoms with Crippen LogP contribution in [0.4, 0.5) is 0 Å². The number of aromatic hydroxyl groups is 2. The van der Waals surface area contributed by atoms with Crippen LogP contribution in [0.25, 0.3) is 0 Å². The third-order valence-corrected chi connectivity index (χ3v) is 3.14. The van der Waals surface area contributed by atoms with Crippen LogP contribution in [0, 0.1) is 0 Å². The molecule has 0 spiro atoms. The summed E-state index contributed by atoms with van der Waals surface area (Å²) in [5.74, 6) is -1.77. The molecule has 4 N–H and O–H groups in total. The number of carbonyl (C=O) groups is 2. The molecule has 0 unspecified atom stereocenters. The van der Waals surface area contributed by atoms with E-state index >= 15 is 0 Å². The van der Waals surface area contributed by atoms with Gasteiger partial charge in [-0.3, -0.25) is 20.4 Å². The summed E-state index contributed by atoms with van der Waals surface area (Å²) in [5.41, 5.74) is 4.35. The van der Waals surface area contributed by atoms with E-state index in [2.05, 4.69) is 26.8 Å². The largest absolute Gasteiger partial charge is 0.507 e. The number of rotatable bonds is 2. The highest BCUT2D eigenvalue weighted by Gasteiger charge is 2.14. The van der Waals surface area contributed by atoms with Gasteiger partial charge in [-0.1, -0.05) is 28.1 Å². The predicted octanol–water partition coefficient (Wildman–Crippen LogP) is 1.94. The molecule has 21 heavy (non-hydrogen) atoms. The quantitative estimate of drug-likeness (QED) is 0.622. The number of hydrogen-bond donors (Lipinski definition) is 4. The number of benzene rings is 2. The first-order chi connectivity index (χ1) is 9.99. The number of hydrazine groups is 1. The molecule has 0 bridgehead atoms. The lowest BCUT2D eigenvalue weighted by Crippen LogP contribution is -2.41. The molecule has 0 aromatic heterocycles. The van der Waals surface area contributed by atoms with Crippen molar-refractivity contribution in [2.45, 2.75) is 0 Å². The van der Waals surface area contributed by atoms with Crippen LogP contribution in [-0.4, -0.2) is 22.0 Å². The molecule has 0 radical (unpaired) electrons. The molecule has 0 aliphatic heterocycles. The van der Waals surface area contributed by atoms with Gasteiger partial charge in [-0.25, -0.2) is 0 Å². The molecule has 108 valence electrons. The summed E-state index contributed by atoms with van der Waals surface area (Å²) in [7, 11) is 0. The van der Waals surface area contributed by atoms with E-state index in [4.69, 9.17) is 0 Å². The van der Waals surface area contributed by atoms with E-state index in [0.29, 0.717) is 4.47 Å². The molecule has 2 amide bonds. The van der Waals surface area contributed by atoms with Gasteiger partial charge >= 0.3 is 0 Å². The highest BCUT2D eigenvalue weighted by molar-refractivity contribution is 9.10. The van der Waals surface area contributed by atoms with Crippen LogP contribution in [0.2, 0.25) is 0 Å². The fourth-order valence-corrected chi connectivity index (χ4v) is 1.96. The maximum absolute atomic E-state index is 11.8. The Morgan fingerprint density at radius 1 is 0.857 bits per heavy atom. The van der Waals surface area contributed by atoms with Crippen molar-refractivity contribution >= 4 is 27.7 Å². The standard InChI is InChI=1S/C14H11BrN2O4/c15-8-5-6-10(12(19)7-8)14(21)17-16-13(20)9-3-1-2-4-11(9)18/h1-7,18-19H,(H,16,20)(H,17,21). The number of carbonyl (C=O) groups excluding carboxylic acids is 2. The fraction of sp³-hybridized carbons (Fsp3) is 0. The van der Waals surface area contributed by atoms with Crippen molar-refractivity contribution in [2.75, 3.05) is 0 Å². The van der Waals surface area contributed by atoms with Crippen LogP contribution < -0.4 is 10.9 Å². The van der Waals surface area contributed by atoms with E-state index in [1.807, 2.05) is 0 Å². The summed E-state index contributed by atoms with van der Waals surface area (Å²) in [6.07, 6.45) is 0. The molecule has 7 heteroatoms. The predicted molar refractivity (Wildman–Crippen MR) is 78.8 cm³/mol. The molecule has 0 aliphatic rings. The topological polar surface area (TPSA) is 98.7 Å². The molecule has 2 rings (SSSR count). The highest BCUT2D eigenvalue weighted by atomic mass is 79.9. The Labute approximate surface area is 128 Å². The van der Waals surface area contributed by atoms with Gasteiger partial charge in [0.15, 0.2) is 0 Å². The molecule has 0 atom stereocenters. The summed E-state index contributed by atoms with van der Waals surface area (Å²) < 4.78 is 0.620. The zero-order valence-corrected chi connectivity index (χ0v) is 12.2. The molecule has 0 saturated carbocycles. The Bertz CT molecular complexity index is 703. The summed E-state index contributed by atoms with van der Waals surface area (Å²) in [4.78, 5) is 23.6. The number of halogens is 1. The molecule has 0 fully saturated rings. The van der Waals surface area contributed by atoms with E-state index in [9.17, 15) is 19.8 Å². The minimum atomic E-state index is -0.677. The number of phenolic OH excluding ortho intramolecular Hbond substituents is 2. The van der Waals surface area contributed by atoms with Crippen molar-refractivity contribution in [3.8, 4) is 11.5 Å². The molecule has 2 aromatic rings. The molecular formula is C14H11BrN2O4. The average molecular weight is 351 g/mol. The van der Waals surface area contributed by atoms with E-state index in [1.165, 1.54) is 24.3 Å². The average Bonchev–Trinajstić information content (AvgIpc) is 2.45. The first-order valence-electron chi connectivity index (χ1n) is 5.86. The Kier molecular flexibility index (Phi) is 4.44. The third-order valence-electron chi connectivity index (χ3n) is 2.64. The molecule has 6 nitrogen and oxygen atoms in total. The smallest absolute Gasteiger partial charge is 0.273 e. The normalized spacial score (nSPS) is 9.95. The fourth-order valence-electron chi connectivity index (χ4n) is 1.61. The monoisotopic (exact) mass is 350 g/mol. The van der Waals surface area contributed by atoms with Crippen LogP contribution in [0.15, 0.2) is 46.9 Å². The maximum atomic E-state index is 11.8. The summed E-state index contributed by atoms with van der Waals surface area (Å²) in [6, 6.07) is 10.3. The lowest BCUT2D eigenvalue weighted by atomic mass is 10.2. The van der Waals surface area contributed by atoms with Crippen LogP contribution >= 0.6 is 15.9 Å². The van der Waals surface area contributed by atoms with E-state index in [-0.39, 0.29) is 22.6 Å². The number of hydrogen-bond acceptors (Lipinski definition) is 4. The Balaban J connectivity index is 2.04. The van der Waals surface area contributed by atoms with Gasteiger partial charge in [0.05, 0.1) is 11.1 Å². The van der Waals surface area contributed by atoms with Crippen LogP contribution in [0.5, 0.6) is 11.5 Å². The Hall–Kier alpha value is -2.54. The van der Waals surface area contributed by atoms with E-state index in [1.54, 1.807) is 18.2 Å². The minimum Gasteiger partial charge on any atom is -0.507 e. The van der Waals surface area contributed by atoms with Gasteiger partial charge in [0.2, 0.25) is 0 Å². The summed E-state index contributed by atoms with van der Waals surface area (Å²) >= 11 is 3.16. The molecule has 0 heterocycles. The van der Waals surface area contributed by atoms with Crippen molar-refractivity contribution in [1.82, 2.24) is 10.9 Å². The Morgan fingerprint density at radius 3 is 2.00 bits per heavy atom. The summed E-state index contributed by atoms with van der Waals surface area (Å²) in [6.45, 7) is 0. The molecule has 0 saturated heterocycles. The van der Waals surface area contributed by atoms with Gasteiger partial charge < -0.3 is 10.2 Å². The van der Waals surface area contributed by atoms with E-state index in [0.717, 1.165) is 0 Å². The number of para-hydroxylation sites is 1. The number of phenols is 2. The number of nitrogens with one attached hydrogen (secondary N) is 2. The second-order valence-electron chi connectivity index (χ2n) is 4.09. The van der Waals surface area contributed by atoms with Crippen molar-refractivity contribution in [3.05, 3.63) is 58.1 Å². The van der Waals surface area contributed by atoms with E-state index < -0.39 is 11.8 Å². The van der Waals surface area contributed by atoms with Gasteiger partial charge in [-0.2, -0.15) is 0 Å². The first kappa shape index (κ1) is 14.9. The molecule has 0 aliphatic carbocycles. The van der Waals surface area contributed by atoms with Crippen molar-refractivity contribution in [1.29, 1.82) is 0 Å². The third kappa shape index (κ3) is 3.51. The lowest BCUT2D eigenvalue weighted by Gasteiger charge is -2.09. The maximum Gasteiger partial charge on any atom is 0.273 e. The summed E-state index contributed by atoms with van der Waals surface area (Å²) in [5, 5.41) is 19.2. The second-order valence-corrected chi connectivity index (χ2v) is 5.00. The van der Waals surface area contributed by atoms with Crippen molar-refractivity contribution in [3.63, 3.8) is 0 Å². The lowest BCUT2D eigenvalue weighted by molar-refractivity contribution is 0.0843. The molecule has 2 aromatic carbocycles. The Morgan fingerprint density at radius 2 is 1.43 bits per heavy atom. The highest BCUT2D eigenvalue weighted by Crippen LogP contribution is 2.22. The molecular weight excluding hydrogens is 340 g/mol. The van der Waals surface area contributed by atoms with Gasteiger partial charge in [-0.15, -0.1) is 0 Å². The van der Waals surface area contributed by atoms with Crippen LogP contribution in [0.1, 0.15) is 20.7 Å². The van der Waals surface area contributed by atoms with Gasteiger partial charge in [0, 0.05) is 4.47 Å². The van der Waals surface area contributed by atoms with Crippen LogP contribution in [-0.2, 0) is 0 Å². The number of amides is 2. The zero-order valence-electron chi connectivity index (χ0n) is 10.6. The van der Waals surface area contributed by atoms with Crippen LogP contribution in [0.3, 0.4) is 0 Å². The van der Waals surface area contributed by atoms with Gasteiger partial charge in [0.1, 0.15) is 11.5 Å². The van der Waals surface area contributed by atoms with Crippen molar-refractivity contribution in [2.24, 2.45) is 0 Å². The minimum absolute atomic E-state index is 0.00998. The van der Waals surface area contributed by atoms with Gasteiger partial charge in [-0.05, 0) is 30.3 Å². The first-order valence-corrected chi connectivity index (χ1v) is 6.65. The zero-order chi connectivity index (χ0) is 15.4.